The number of aryl methyl sites for hydroxylation is 1. The van der Waals surface area contributed by atoms with Crippen molar-refractivity contribution in [3.05, 3.63) is 125 Å². The predicted molar refractivity (Wildman–Crippen MR) is 121 cm³/mol. The highest BCUT2D eigenvalue weighted by molar-refractivity contribution is 6.35. The van der Waals surface area contributed by atoms with Crippen molar-refractivity contribution in [3.63, 3.8) is 0 Å². The van der Waals surface area contributed by atoms with Gasteiger partial charge in [-0.05, 0) is 55.0 Å². The Bertz CT molecular complexity index is 1100. The zero-order chi connectivity index (χ0) is 20.2. The van der Waals surface area contributed by atoms with Gasteiger partial charge >= 0.3 is 0 Å². The zero-order valence-electron chi connectivity index (χ0n) is 16.0. The Morgan fingerprint density at radius 2 is 1.21 bits per heavy atom. The molecule has 29 heavy (non-hydrogen) atoms. The average molecular weight is 398 g/mol. The molecule has 0 aromatic heterocycles. The van der Waals surface area contributed by atoms with E-state index in [4.69, 9.17) is 11.6 Å². The lowest BCUT2D eigenvalue weighted by Gasteiger charge is -2.25. The maximum Gasteiger partial charge on any atom is 0.194 e. The Labute approximate surface area is 176 Å². The van der Waals surface area contributed by atoms with Crippen LogP contribution in [-0.2, 0) is 0 Å². The number of benzene rings is 4. The van der Waals surface area contributed by atoms with Gasteiger partial charge in [-0.1, -0.05) is 72.3 Å². The van der Waals surface area contributed by atoms with Crippen LogP contribution in [0, 0.1) is 6.92 Å². The van der Waals surface area contributed by atoms with Crippen molar-refractivity contribution in [3.8, 4) is 0 Å². The summed E-state index contributed by atoms with van der Waals surface area (Å²) in [5, 5.41) is 0.438. The van der Waals surface area contributed by atoms with Crippen LogP contribution >= 0.6 is 11.6 Å². The van der Waals surface area contributed by atoms with E-state index >= 15 is 0 Å². The Morgan fingerprint density at radius 3 is 1.76 bits per heavy atom. The van der Waals surface area contributed by atoms with Crippen LogP contribution < -0.4 is 4.90 Å². The van der Waals surface area contributed by atoms with Gasteiger partial charge in [0.05, 0.1) is 5.02 Å². The summed E-state index contributed by atoms with van der Waals surface area (Å²) in [6.45, 7) is 1.93. The number of halogens is 1. The summed E-state index contributed by atoms with van der Waals surface area (Å²) in [5.74, 6) is -0.0642. The largest absolute Gasteiger partial charge is 0.310 e. The van der Waals surface area contributed by atoms with Crippen LogP contribution in [0.2, 0.25) is 5.02 Å². The molecule has 0 N–H and O–H groups in total. The van der Waals surface area contributed by atoms with Crippen LogP contribution in [0.4, 0.5) is 17.1 Å². The number of anilines is 3. The number of hydrogen-bond acceptors (Lipinski definition) is 2. The van der Waals surface area contributed by atoms with Crippen LogP contribution in [-0.4, -0.2) is 5.78 Å². The quantitative estimate of drug-likeness (QED) is 0.328. The average Bonchev–Trinajstić information content (AvgIpc) is 2.75. The van der Waals surface area contributed by atoms with Crippen molar-refractivity contribution in [1.29, 1.82) is 0 Å². The van der Waals surface area contributed by atoms with Crippen molar-refractivity contribution >= 4 is 34.4 Å². The third kappa shape index (κ3) is 3.94. The van der Waals surface area contributed by atoms with E-state index in [2.05, 4.69) is 4.90 Å². The zero-order valence-corrected chi connectivity index (χ0v) is 16.8. The first-order valence-corrected chi connectivity index (χ1v) is 9.83. The molecule has 0 aliphatic heterocycles. The van der Waals surface area contributed by atoms with E-state index in [0.717, 1.165) is 22.6 Å². The molecule has 0 radical (unpaired) electrons. The van der Waals surface area contributed by atoms with Gasteiger partial charge < -0.3 is 4.90 Å². The summed E-state index contributed by atoms with van der Waals surface area (Å²) < 4.78 is 0. The van der Waals surface area contributed by atoms with E-state index in [1.807, 2.05) is 110 Å². The molecule has 0 fully saturated rings. The minimum atomic E-state index is -0.0642. The van der Waals surface area contributed by atoms with Gasteiger partial charge in [0.1, 0.15) is 0 Å². The molecule has 0 aliphatic carbocycles. The Balaban J connectivity index is 1.77. The number of rotatable bonds is 5. The van der Waals surface area contributed by atoms with E-state index in [0.29, 0.717) is 16.1 Å². The summed E-state index contributed by atoms with van der Waals surface area (Å²) in [6.07, 6.45) is 0. The monoisotopic (exact) mass is 397 g/mol. The Hall–Kier alpha value is -3.36. The van der Waals surface area contributed by atoms with Crippen LogP contribution in [0.25, 0.3) is 0 Å². The first-order chi connectivity index (χ1) is 14.1. The van der Waals surface area contributed by atoms with Gasteiger partial charge in [-0.3, -0.25) is 4.79 Å². The minimum absolute atomic E-state index is 0.0642. The number of nitrogens with zero attached hydrogens (tertiary/aromatic N) is 1. The molecule has 4 rings (SSSR count). The smallest absolute Gasteiger partial charge is 0.194 e. The number of carbonyl (C=O) groups excluding carboxylic acids is 1. The molecule has 142 valence electrons. The second-order valence-electron chi connectivity index (χ2n) is 6.81. The molecule has 0 unspecified atom stereocenters. The molecule has 0 heterocycles. The maximum absolute atomic E-state index is 13.0. The van der Waals surface area contributed by atoms with Crippen molar-refractivity contribution in [2.45, 2.75) is 6.92 Å². The molecule has 0 saturated carbocycles. The fraction of sp³-hybridized carbons (Fsp3) is 0.0385. The molecule has 0 saturated heterocycles. The highest BCUT2D eigenvalue weighted by Crippen LogP contribution is 2.36. The summed E-state index contributed by atoms with van der Waals surface area (Å²) in [7, 11) is 0. The van der Waals surface area contributed by atoms with Crippen LogP contribution in [0.5, 0.6) is 0 Å². The highest BCUT2D eigenvalue weighted by Gasteiger charge is 2.18. The fourth-order valence-electron chi connectivity index (χ4n) is 3.40. The third-order valence-electron chi connectivity index (χ3n) is 4.87. The summed E-state index contributed by atoms with van der Waals surface area (Å²) >= 11 is 6.60. The lowest BCUT2D eigenvalue weighted by molar-refractivity contribution is 0.103. The number of ketones is 1. The second-order valence-corrected chi connectivity index (χ2v) is 7.22. The third-order valence-corrected chi connectivity index (χ3v) is 5.19. The second kappa shape index (κ2) is 8.34. The van der Waals surface area contributed by atoms with Crippen LogP contribution in [0.15, 0.2) is 103 Å². The molecule has 0 spiro atoms. The van der Waals surface area contributed by atoms with Gasteiger partial charge in [-0.15, -0.1) is 0 Å². The van der Waals surface area contributed by atoms with E-state index in [-0.39, 0.29) is 5.78 Å². The molecular weight excluding hydrogens is 378 g/mol. The van der Waals surface area contributed by atoms with Gasteiger partial charge in [0, 0.05) is 28.2 Å². The van der Waals surface area contributed by atoms with E-state index in [9.17, 15) is 4.79 Å². The van der Waals surface area contributed by atoms with Crippen molar-refractivity contribution in [1.82, 2.24) is 0 Å². The number of hydrogen-bond donors (Lipinski definition) is 0. The molecular formula is C26H20ClNO. The Morgan fingerprint density at radius 1 is 0.655 bits per heavy atom. The van der Waals surface area contributed by atoms with Gasteiger partial charge in [0.25, 0.3) is 0 Å². The molecule has 4 aromatic rings. The van der Waals surface area contributed by atoms with Gasteiger partial charge in [0.2, 0.25) is 0 Å². The number of carbonyl (C=O) groups is 1. The molecule has 0 aliphatic rings. The fourth-order valence-corrected chi connectivity index (χ4v) is 3.66. The van der Waals surface area contributed by atoms with Gasteiger partial charge in [-0.25, -0.2) is 0 Å². The summed E-state index contributed by atoms with van der Waals surface area (Å²) in [6, 6.07) is 33.4. The number of para-hydroxylation sites is 2. The van der Waals surface area contributed by atoms with Crippen molar-refractivity contribution in [2.24, 2.45) is 0 Å². The normalized spacial score (nSPS) is 10.6. The minimum Gasteiger partial charge on any atom is -0.310 e. The lowest BCUT2D eigenvalue weighted by Crippen LogP contribution is -2.11. The van der Waals surface area contributed by atoms with Gasteiger partial charge in [0.15, 0.2) is 5.78 Å². The lowest BCUT2D eigenvalue weighted by atomic mass is 9.99. The van der Waals surface area contributed by atoms with Crippen molar-refractivity contribution in [2.75, 3.05) is 4.90 Å². The predicted octanol–water partition coefficient (Wildman–Crippen LogP) is 7.35. The SMILES string of the molecule is Cc1ccccc1C(=O)c1ccc(N(c2ccccc2)c2ccccc2)cc1Cl. The molecule has 0 amide bonds. The standard InChI is InChI=1S/C26H20ClNO/c1-19-10-8-9-15-23(19)26(29)24-17-16-22(18-25(24)27)28(20-11-4-2-5-12-20)21-13-6-3-7-14-21/h2-18H,1H3. The highest BCUT2D eigenvalue weighted by atomic mass is 35.5. The maximum atomic E-state index is 13.0. The van der Waals surface area contributed by atoms with Crippen molar-refractivity contribution < 1.29 is 4.79 Å². The van der Waals surface area contributed by atoms with Gasteiger partial charge in [-0.2, -0.15) is 0 Å². The van der Waals surface area contributed by atoms with Crippen LogP contribution in [0.3, 0.4) is 0 Å². The topological polar surface area (TPSA) is 20.3 Å². The summed E-state index contributed by atoms with van der Waals surface area (Å²) in [4.78, 5) is 15.1. The molecule has 0 atom stereocenters. The first kappa shape index (κ1) is 19.0. The first-order valence-electron chi connectivity index (χ1n) is 9.45. The molecule has 0 bridgehead atoms. The summed E-state index contributed by atoms with van der Waals surface area (Å²) in [5.41, 5.74) is 5.05. The Kier molecular flexibility index (Phi) is 5.46. The molecule has 2 nitrogen and oxygen atoms in total. The van der Waals surface area contributed by atoms with Crippen LogP contribution in [0.1, 0.15) is 21.5 Å². The van der Waals surface area contributed by atoms with E-state index < -0.39 is 0 Å². The molecule has 3 heteroatoms. The van der Waals surface area contributed by atoms with E-state index in [1.165, 1.54) is 0 Å². The molecule has 4 aromatic carbocycles. The van der Waals surface area contributed by atoms with E-state index in [1.54, 1.807) is 0 Å².